The van der Waals surface area contributed by atoms with E-state index in [-0.39, 0.29) is 5.41 Å². The summed E-state index contributed by atoms with van der Waals surface area (Å²) in [6.45, 7) is 4.51. The van der Waals surface area contributed by atoms with Crippen molar-refractivity contribution in [2.45, 2.75) is 19.3 Å². The number of hydrogen-bond acceptors (Lipinski definition) is 3. The number of para-hydroxylation sites is 1. The average Bonchev–Trinajstić information content (AvgIpc) is 3.26. The van der Waals surface area contributed by atoms with Crippen LogP contribution in [0.5, 0.6) is 0 Å². The molecule has 4 heterocycles. The van der Waals surface area contributed by atoms with E-state index >= 15 is 0 Å². The Balaban J connectivity index is 1.69. The summed E-state index contributed by atoms with van der Waals surface area (Å²) in [7, 11) is 0. The summed E-state index contributed by atoms with van der Waals surface area (Å²) in [5, 5.41) is 1.23. The van der Waals surface area contributed by atoms with Gasteiger partial charge in [-0.3, -0.25) is 14.5 Å². The summed E-state index contributed by atoms with van der Waals surface area (Å²) in [6.07, 6.45) is 3.69. The predicted octanol–water partition coefficient (Wildman–Crippen LogP) is 5.79. The van der Waals surface area contributed by atoms with Crippen LogP contribution >= 0.6 is 0 Å². The Morgan fingerprint density at radius 2 is 1.53 bits per heavy atom. The van der Waals surface area contributed by atoms with Crippen LogP contribution in [0.2, 0.25) is 0 Å². The lowest BCUT2D eigenvalue weighted by atomic mass is 9.89. The van der Waals surface area contributed by atoms with Crippen LogP contribution < -0.4 is 0 Å². The molecule has 0 aliphatic heterocycles. The average molecular weight is 388 g/mol. The highest BCUT2D eigenvalue weighted by Gasteiger charge is 2.42. The first-order valence-electron chi connectivity index (χ1n) is 10.1. The van der Waals surface area contributed by atoms with Gasteiger partial charge in [-0.05, 0) is 50.2 Å². The largest absolute Gasteiger partial charge is 0.297 e. The summed E-state index contributed by atoms with van der Waals surface area (Å²) in [5.74, 6) is 0.900. The molecule has 0 fully saturated rings. The minimum absolute atomic E-state index is 0.229. The first kappa shape index (κ1) is 17.1. The molecule has 144 valence electrons. The van der Waals surface area contributed by atoms with E-state index in [9.17, 15) is 0 Å². The molecule has 1 aliphatic carbocycles. The third kappa shape index (κ3) is 2.25. The molecule has 1 aromatic carbocycles. The lowest BCUT2D eigenvalue weighted by molar-refractivity contribution is 0.602. The molecule has 6 rings (SSSR count). The van der Waals surface area contributed by atoms with Gasteiger partial charge >= 0.3 is 0 Å². The van der Waals surface area contributed by atoms with Gasteiger partial charge in [0.2, 0.25) is 0 Å². The molecule has 0 unspecified atom stereocenters. The van der Waals surface area contributed by atoms with E-state index in [2.05, 4.69) is 65.9 Å². The van der Waals surface area contributed by atoms with E-state index in [1.54, 1.807) is 6.20 Å². The second kappa shape index (κ2) is 6.10. The molecule has 1 aliphatic rings. The predicted molar refractivity (Wildman–Crippen MR) is 120 cm³/mol. The minimum atomic E-state index is -0.229. The topological polar surface area (TPSA) is 43.6 Å². The van der Waals surface area contributed by atoms with Gasteiger partial charge in [-0.25, -0.2) is 4.98 Å². The third-order valence-electron chi connectivity index (χ3n) is 6.03. The highest BCUT2D eigenvalue weighted by atomic mass is 15.1. The van der Waals surface area contributed by atoms with E-state index in [1.165, 1.54) is 22.2 Å². The van der Waals surface area contributed by atoms with Crippen LogP contribution in [0.15, 0.2) is 85.2 Å². The van der Waals surface area contributed by atoms with E-state index in [4.69, 9.17) is 9.97 Å². The number of nitrogens with zero attached hydrogens (tertiary/aromatic N) is 4. The molecular formula is C26H20N4. The van der Waals surface area contributed by atoms with Gasteiger partial charge in [-0.1, -0.05) is 36.4 Å². The van der Waals surface area contributed by atoms with Gasteiger partial charge in [-0.15, -0.1) is 0 Å². The lowest BCUT2D eigenvalue weighted by Gasteiger charge is -2.23. The zero-order chi connectivity index (χ0) is 20.3. The number of pyridine rings is 3. The smallest absolute Gasteiger partial charge is 0.138 e. The molecule has 4 nitrogen and oxygen atoms in total. The summed E-state index contributed by atoms with van der Waals surface area (Å²) >= 11 is 0. The maximum atomic E-state index is 5.02. The van der Waals surface area contributed by atoms with Crippen molar-refractivity contribution >= 4 is 10.9 Å². The van der Waals surface area contributed by atoms with E-state index in [0.717, 1.165) is 28.4 Å². The first-order valence-corrected chi connectivity index (χ1v) is 10.1. The Labute approximate surface area is 174 Å². The van der Waals surface area contributed by atoms with Crippen LogP contribution in [0.1, 0.15) is 25.2 Å². The van der Waals surface area contributed by atoms with Crippen LogP contribution in [0.25, 0.3) is 39.2 Å². The van der Waals surface area contributed by atoms with Crippen molar-refractivity contribution in [2.24, 2.45) is 0 Å². The summed E-state index contributed by atoms with van der Waals surface area (Å²) in [6, 6.07) is 24.8. The summed E-state index contributed by atoms with van der Waals surface area (Å²) in [5.41, 5.74) is 7.52. The molecule has 0 radical (unpaired) electrons. The molecule has 0 spiro atoms. The van der Waals surface area contributed by atoms with Gasteiger partial charge in [0.25, 0.3) is 0 Å². The van der Waals surface area contributed by atoms with Gasteiger partial charge in [0.05, 0.1) is 22.6 Å². The van der Waals surface area contributed by atoms with Crippen LogP contribution in [0.3, 0.4) is 0 Å². The molecular weight excluding hydrogens is 368 g/mol. The molecule has 4 heteroatoms. The maximum absolute atomic E-state index is 5.02. The van der Waals surface area contributed by atoms with E-state index in [1.807, 2.05) is 36.5 Å². The summed E-state index contributed by atoms with van der Waals surface area (Å²) < 4.78 is 2.30. The quantitative estimate of drug-likeness (QED) is 0.384. The van der Waals surface area contributed by atoms with Crippen LogP contribution in [0.4, 0.5) is 0 Å². The van der Waals surface area contributed by atoms with Crippen molar-refractivity contribution in [1.29, 1.82) is 0 Å². The van der Waals surface area contributed by atoms with Crippen molar-refractivity contribution in [3.8, 4) is 28.3 Å². The fourth-order valence-electron chi connectivity index (χ4n) is 4.76. The molecule has 0 amide bonds. The number of rotatable bonds is 2. The standard InChI is InChI=1S/C26H20N4/c1-26(2)24-18(10-8-16-28-24)23-17-9-3-4-13-21(17)30(25(23)26)22-14-7-12-20(29-22)19-11-5-6-15-27-19/h3-16H,1-2H3. The lowest BCUT2D eigenvalue weighted by Crippen LogP contribution is -2.21. The Hall–Kier alpha value is -3.79. The van der Waals surface area contributed by atoms with Crippen molar-refractivity contribution < 1.29 is 0 Å². The van der Waals surface area contributed by atoms with Gasteiger partial charge < -0.3 is 0 Å². The Morgan fingerprint density at radius 1 is 0.733 bits per heavy atom. The maximum Gasteiger partial charge on any atom is 0.138 e. The fraction of sp³-hybridized carbons (Fsp3) is 0.115. The van der Waals surface area contributed by atoms with Gasteiger partial charge in [0.1, 0.15) is 5.82 Å². The van der Waals surface area contributed by atoms with Crippen LogP contribution in [0, 0.1) is 0 Å². The second-order valence-corrected chi connectivity index (χ2v) is 8.20. The van der Waals surface area contributed by atoms with Crippen molar-refractivity contribution in [1.82, 2.24) is 19.5 Å². The monoisotopic (exact) mass is 388 g/mol. The Bertz CT molecular complexity index is 1410. The molecule has 4 aromatic heterocycles. The van der Waals surface area contributed by atoms with Gasteiger partial charge in [0, 0.05) is 40.0 Å². The number of fused-ring (bicyclic) bond motifs is 5. The normalized spacial score (nSPS) is 13.9. The van der Waals surface area contributed by atoms with Crippen molar-refractivity contribution in [3.63, 3.8) is 0 Å². The molecule has 0 saturated carbocycles. The number of hydrogen-bond donors (Lipinski definition) is 0. The second-order valence-electron chi connectivity index (χ2n) is 8.20. The van der Waals surface area contributed by atoms with E-state index < -0.39 is 0 Å². The SMILES string of the molecule is CC1(C)c2ncccc2-c2c1n(-c1cccc(-c3ccccn3)n1)c1ccccc21. The van der Waals surface area contributed by atoms with E-state index in [0.29, 0.717) is 0 Å². The Kier molecular flexibility index (Phi) is 3.48. The number of aromatic nitrogens is 4. The van der Waals surface area contributed by atoms with Crippen LogP contribution in [-0.4, -0.2) is 19.5 Å². The third-order valence-corrected chi connectivity index (χ3v) is 6.03. The number of benzene rings is 1. The Morgan fingerprint density at radius 3 is 2.40 bits per heavy atom. The molecule has 0 N–H and O–H groups in total. The van der Waals surface area contributed by atoms with Crippen molar-refractivity contribution in [3.05, 3.63) is 96.6 Å². The molecule has 0 saturated heterocycles. The fourth-order valence-corrected chi connectivity index (χ4v) is 4.76. The van der Waals surface area contributed by atoms with Crippen molar-refractivity contribution in [2.75, 3.05) is 0 Å². The molecule has 0 bridgehead atoms. The summed E-state index contributed by atoms with van der Waals surface area (Å²) in [4.78, 5) is 14.3. The van der Waals surface area contributed by atoms with Gasteiger partial charge in [0.15, 0.2) is 0 Å². The molecule has 30 heavy (non-hydrogen) atoms. The zero-order valence-corrected chi connectivity index (χ0v) is 16.9. The molecule has 0 atom stereocenters. The zero-order valence-electron chi connectivity index (χ0n) is 16.9. The highest BCUT2D eigenvalue weighted by molar-refractivity contribution is 6.03. The van der Waals surface area contributed by atoms with Gasteiger partial charge in [-0.2, -0.15) is 0 Å². The highest BCUT2D eigenvalue weighted by Crippen LogP contribution is 2.52. The molecule has 5 aromatic rings. The van der Waals surface area contributed by atoms with Crippen LogP contribution in [-0.2, 0) is 5.41 Å². The minimum Gasteiger partial charge on any atom is -0.297 e. The first-order chi connectivity index (χ1) is 14.7.